The van der Waals surface area contributed by atoms with Crippen LogP contribution in [0.2, 0.25) is 0 Å². The van der Waals surface area contributed by atoms with E-state index in [1.807, 2.05) is 0 Å². The van der Waals surface area contributed by atoms with Gasteiger partial charge in [0.05, 0.1) is 12.6 Å². The Morgan fingerprint density at radius 1 is 1.08 bits per heavy atom. The number of nitrogens with one attached hydrogen (secondary N) is 3. The summed E-state index contributed by atoms with van der Waals surface area (Å²) in [6.45, 7) is 1.04. The Morgan fingerprint density at radius 2 is 1.68 bits per heavy atom. The first-order valence-electron chi connectivity index (χ1n) is 7.33. The molecule has 0 spiro atoms. The van der Waals surface area contributed by atoms with Crippen LogP contribution in [0.1, 0.15) is 19.8 Å². The van der Waals surface area contributed by atoms with Crippen molar-refractivity contribution in [3.8, 4) is 0 Å². The number of amides is 4. The number of primary amides is 1. The van der Waals surface area contributed by atoms with Gasteiger partial charge in [-0.15, -0.1) is 0 Å². The van der Waals surface area contributed by atoms with E-state index in [0.717, 1.165) is 0 Å². The van der Waals surface area contributed by atoms with Gasteiger partial charge < -0.3 is 32.5 Å². The third-order valence-electron chi connectivity index (χ3n) is 2.97. The molecule has 142 valence electrons. The summed E-state index contributed by atoms with van der Waals surface area (Å²) in [5.41, 5.74) is 10.3. The number of carbonyl (C=O) groups is 5. The fourth-order valence-electron chi connectivity index (χ4n) is 1.58. The quantitative estimate of drug-likeness (QED) is 0.183. The molecule has 0 bridgehead atoms. The smallest absolute Gasteiger partial charge is 0.326 e. The molecule has 0 heterocycles. The first-order valence-corrected chi connectivity index (χ1v) is 7.96. The monoisotopic (exact) mass is 377 g/mol. The number of hydrogen-bond acceptors (Lipinski definition) is 7. The van der Waals surface area contributed by atoms with E-state index in [-0.39, 0.29) is 18.6 Å². The summed E-state index contributed by atoms with van der Waals surface area (Å²) in [5.74, 6) is -4.17. The lowest BCUT2D eigenvalue weighted by Gasteiger charge is -2.20. The predicted octanol–water partition coefficient (Wildman–Crippen LogP) is -3.30. The van der Waals surface area contributed by atoms with Crippen LogP contribution in [0.5, 0.6) is 0 Å². The molecule has 0 radical (unpaired) electrons. The lowest BCUT2D eigenvalue weighted by atomic mass is 10.1. The van der Waals surface area contributed by atoms with Crippen LogP contribution in [0, 0.1) is 0 Å². The van der Waals surface area contributed by atoms with Gasteiger partial charge in [-0.2, -0.15) is 12.6 Å². The maximum absolute atomic E-state index is 12.1. The third kappa shape index (κ3) is 9.52. The van der Waals surface area contributed by atoms with Gasteiger partial charge in [0.2, 0.25) is 23.6 Å². The summed E-state index contributed by atoms with van der Waals surface area (Å²) in [6, 6.07) is -3.26. The van der Waals surface area contributed by atoms with E-state index in [1.165, 1.54) is 6.92 Å². The summed E-state index contributed by atoms with van der Waals surface area (Å²) in [5, 5.41) is 15.8. The van der Waals surface area contributed by atoms with Crippen LogP contribution in [0.15, 0.2) is 0 Å². The number of carboxylic acids is 1. The molecular weight excluding hydrogens is 354 g/mol. The maximum atomic E-state index is 12.1. The van der Waals surface area contributed by atoms with Gasteiger partial charge in [0, 0.05) is 12.2 Å². The Labute approximate surface area is 149 Å². The van der Waals surface area contributed by atoms with Gasteiger partial charge in [0.1, 0.15) is 12.1 Å². The van der Waals surface area contributed by atoms with E-state index in [4.69, 9.17) is 16.6 Å². The summed E-state index contributed by atoms with van der Waals surface area (Å²) >= 11 is 3.93. The molecule has 0 aromatic rings. The minimum atomic E-state index is -1.34. The molecule has 4 amide bonds. The average molecular weight is 377 g/mol. The molecule has 0 aliphatic carbocycles. The van der Waals surface area contributed by atoms with Crippen molar-refractivity contribution >= 4 is 42.2 Å². The zero-order chi connectivity index (χ0) is 19.6. The van der Waals surface area contributed by atoms with Gasteiger partial charge in [0.15, 0.2) is 0 Å². The van der Waals surface area contributed by atoms with Crippen LogP contribution < -0.4 is 27.4 Å². The van der Waals surface area contributed by atoms with Gasteiger partial charge in [-0.3, -0.25) is 19.2 Å². The molecule has 8 N–H and O–H groups in total. The fourth-order valence-corrected chi connectivity index (χ4v) is 1.84. The number of carboxylic acid groups (broad SMARTS) is 1. The van der Waals surface area contributed by atoms with E-state index in [1.54, 1.807) is 0 Å². The molecule has 0 aromatic carbocycles. The fraction of sp³-hybridized carbons (Fsp3) is 0.615. The van der Waals surface area contributed by atoms with E-state index in [0.29, 0.717) is 0 Å². The first-order chi connectivity index (χ1) is 11.6. The second-order valence-corrected chi connectivity index (χ2v) is 5.58. The van der Waals surface area contributed by atoms with Crippen molar-refractivity contribution in [2.75, 3.05) is 12.3 Å². The topological polar surface area (TPSA) is 194 Å². The lowest BCUT2D eigenvalue weighted by molar-refractivity contribution is -0.142. The van der Waals surface area contributed by atoms with Crippen LogP contribution in [0.4, 0.5) is 0 Å². The van der Waals surface area contributed by atoms with E-state index >= 15 is 0 Å². The average Bonchev–Trinajstić information content (AvgIpc) is 2.53. The Kier molecular flexibility index (Phi) is 10.2. The number of thiol groups is 1. The largest absolute Gasteiger partial charge is 0.480 e. The minimum absolute atomic E-state index is 0.110. The zero-order valence-corrected chi connectivity index (χ0v) is 14.5. The first kappa shape index (κ1) is 22.7. The Balaban J connectivity index is 4.62. The van der Waals surface area contributed by atoms with Crippen molar-refractivity contribution in [3.05, 3.63) is 0 Å². The molecule has 0 saturated heterocycles. The van der Waals surface area contributed by atoms with Crippen molar-refractivity contribution in [2.24, 2.45) is 11.5 Å². The van der Waals surface area contributed by atoms with Crippen molar-refractivity contribution < 1.29 is 29.1 Å². The van der Waals surface area contributed by atoms with Crippen LogP contribution in [0.3, 0.4) is 0 Å². The van der Waals surface area contributed by atoms with Gasteiger partial charge >= 0.3 is 5.97 Å². The highest BCUT2D eigenvalue weighted by Gasteiger charge is 2.26. The Bertz CT molecular complexity index is 527. The molecule has 3 unspecified atom stereocenters. The standard InChI is InChI=1S/C13H23N5O6S/c1-6(14)11(21)16-4-10(20)17-8(5-25)12(22)18-7(13(23)24)2-3-9(15)19/h6-8,25H,2-5,14H2,1H3,(H2,15,19)(H,16,21)(H,17,20)(H,18,22)(H,23,24). The molecule has 0 aliphatic rings. The Morgan fingerprint density at radius 3 is 2.12 bits per heavy atom. The van der Waals surface area contributed by atoms with Crippen molar-refractivity contribution in [2.45, 2.75) is 37.9 Å². The second-order valence-electron chi connectivity index (χ2n) is 5.21. The zero-order valence-electron chi connectivity index (χ0n) is 13.7. The maximum Gasteiger partial charge on any atom is 0.326 e. The van der Waals surface area contributed by atoms with Crippen LogP contribution >= 0.6 is 12.6 Å². The molecule has 0 fully saturated rings. The number of hydrogen-bond donors (Lipinski definition) is 7. The number of rotatable bonds is 11. The molecule has 0 aliphatic heterocycles. The Hall–Kier alpha value is -2.34. The molecule has 0 aromatic heterocycles. The minimum Gasteiger partial charge on any atom is -0.480 e. The molecule has 12 heteroatoms. The van der Waals surface area contributed by atoms with E-state index in [2.05, 4.69) is 28.6 Å². The van der Waals surface area contributed by atoms with Gasteiger partial charge in [0.25, 0.3) is 0 Å². The lowest BCUT2D eigenvalue weighted by Crippen LogP contribution is -2.54. The van der Waals surface area contributed by atoms with Crippen LogP contribution in [0.25, 0.3) is 0 Å². The van der Waals surface area contributed by atoms with Crippen molar-refractivity contribution in [1.82, 2.24) is 16.0 Å². The summed E-state index contributed by atoms with van der Waals surface area (Å²) < 4.78 is 0. The summed E-state index contributed by atoms with van der Waals surface area (Å²) in [7, 11) is 0. The summed E-state index contributed by atoms with van der Waals surface area (Å²) in [6.07, 6.45) is -0.410. The number of nitrogens with two attached hydrogens (primary N) is 2. The van der Waals surface area contributed by atoms with Gasteiger partial charge in [-0.1, -0.05) is 0 Å². The van der Waals surface area contributed by atoms with Gasteiger partial charge in [-0.05, 0) is 13.3 Å². The normalized spacial score (nSPS) is 13.9. The van der Waals surface area contributed by atoms with Gasteiger partial charge in [-0.25, -0.2) is 4.79 Å². The SMILES string of the molecule is CC(N)C(=O)NCC(=O)NC(CS)C(=O)NC(CCC(N)=O)C(=O)O. The number of aliphatic carboxylic acids is 1. The highest BCUT2D eigenvalue weighted by molar-refractivity contribution is 7.80. The molecule has 25 heavy (non-hydrogen) atoms. The van der Waals surface area contributed by atoms with Crippen molar-refractivity contribution in [3.63, 3.8) is 0 Å². The molecule has 3 atom stereocenters. The van der Waals surface area contributed by atoms with Crippen LogP contribution in [-0.4, -0.2) is 65.1 Å². The molecular formula is C13H23N5O6S. The van der Waals surface area contributed by atoms with E-state index < -0.39 is 54.3 Å². The molecule has 0 rings (SSSR count). The second kappa shape index (κ2) is 11.3. The molecule has 0 saturated carbocycles. The highest BCUT2D eigenvalue weighted by atomic mass is 32.1. The predicted molar refractivity (Wildman–Crippen MR) is 90.4 cm³/mol. The van der Waals surface area contributed by atoms with Crippen molar-refractivity contribution in [1.29, 1.82) is 0 Å². The molecule has 11 nitrogen and oxygen atoms in total. The highest BCUT2D eigenvalue weighted by Crippen LogP contribution is 1.99. The third-order valence-corrected chi connectivity index (χ3v) is 3.33. The number of carbonyl (C=O) groups excluding carboxylic acids is 4. The van der Waals surface area contributed by atoms with Crippen LogP contribution in [-0.2, 0) is 24.0 Å². The summed E-state index contributed by atoms with van der Waals surface area (Å²) in [4.78, 5) is 56.9. The van der Waals surface area contributed by atoms with E-state index in [9.17, 15) is 24.0 Å².